The van der Waals surface area contributed by atoms with Gasteiger partial charge in [-0.05, 0) is 43.8 Å². The molecule has 0 bridgehead atoms. The van der Waals surface area contributed by atoms with Crippen molar-refractivity contribution in [1.29, 1.82) is 10.5 Å². The number of likely N-dealkylation sites (tertiary alicyclic amines) is 1. The number of ether oxygens (including phenoxy) is 1. The number of nitrogens with one attached hydrogen (secondary N) is 2. The summed E-state index contributed by atoms with van der Waals surface area (Å²) in [6, 6.07) is 8.68. The second-order valence-electron chi connectivity index (χ2n) is 19.6. The molecule has 0 atom stereocenters. The number of anilines is 4. The fraction of sp³-hybridized carbons (Fsp3) is 0.458. The van der Waals surface area contributed by atoms with Crippen molar-refractivity contribution in [2.45, 2.75) is 50.4 Å². The van der Waals surface area contributed by atoms with Crippen molar-refractivity contribution in [3.8, 4) is 34.7 Å². The van der Waals surface area contributed by atoms with Crippen molar-refractivity contribution in [2.24, 2.45) is 0 Å². The van der Waals surface area contributed by atoms with Crippen LogP contribution in [-0.2, 0) is 42.4 Å². The minimum atomic E-state index is -3.33. The SMILES string of the molecule is CCS(=O)(=O)N1CC(CC#N)(n2cc(-c3nc(Nc4cnn(C5CN(C)C5)c4)nc4ccsc34)cn2)C1.CCS(=O)(=O)N1CC(CC#N)(n2cc(-c3nc(Nc4cnn(CCN5CCOCC5)c4)nc4ccsc34)cn2)C1. The summed E-state index contributed by atoms with van der Waals surface area (Å²) in [4.78, 5) is 23.6. The monoisotopic (exact) mass is 1120 g/mol. The van der Waals surface area contributed by atoms with Crippen molar-refractivity contribution in [1.82, 2.24) is 77.5 Å². The Kier molecular flexibility index (Phi) is 14.4. The van der Waals surface area contributed by atoms with Crippen LogP contribution in [0.3, 0.4) is 0 Å². The number of morpholine rings is 1. The predicted molar refractivity (Wildman–Crippen MR) is 291 cm³/mol. The van der Waals surface area contributed by atoms with Crippen LogP contribution in [0.4, 0.5) is 23.3 Å². The van der Waals surface area contributed by atoms with E-state index in [0.717, 1.165) is 107 Å². The number of hydrogen-bond acceptors (Lipinski definition) is 21. The smallest absolute Gasteiger partial charge is 0.228 e. The molecule has 0 aliphatic carbocycles. The molecule has 25 nitrogen and oxygen atoms in total. The van der Waals surface area contributed by atoms with E-state index in [0.29, 0.717) is 17.9 Å². The Morgan fingerprint density at radius 1 is 0.675 bits per heavy atom. The van der Waals surface area contributed by atoms with Gasteiger partial charge in [0.1, 0.15) is 11.1 Å². The van der Waals surface area contributed by atoms with Crippen LogP contribution in [0, 0.1) is 22.7 Å². The van der Waals surface area contributed by atoms with Crippen molar-refractivity contribution in [2.75, 3.05) is 101 Å². The van der Waals surface area contributed by atoms with E-state index >= 15 is 0 Å². The van der Waals surface area contributed by atoms with Gasteiger partial charge in [0.05, 0.1) is 130 Å². The highest BCUT2D eigenvalue weighted by molar-refractivity contribution is 7.89. The maximum absolute atomic E-state index is 12.3. The first-order chi connectivity index (χ1) is 37.2. The van der Waals surface area contributed by atoms with Crippen LogP contribution in [0.2, 0.25) is 0 Å². The minimum Gasteiger partial charge on any atom is -0.379 e. The summed E-state index contributed by atoms with van der Waals surface area (Å²) < 4.78 is 66.6. The molecule has 4 aliphatic rings. The van der Waals surface area contributed by atoms with E-state index in [1.807, 2.05) is 57.0 Å². The molecule has 0 saturated carbocycles. The molecule has 77 heavy (non-hydrogen) atoms. The van der Waals surface area contributed by atoms with E-state index in [9.17, 15) is 27.4 Å². The van der Waals surface area contributed by atoms with Gasteiger partial charge in [0.25, 0.3) is 0 Å². The Morgan fingerprint density at radius 2 is 1.18 bits per heavy atom. The molecule has 0 spiro atoms. The summed E-state index contributed by atoms with van der Waals surface area (Å²) in [7, 11) is -4.56. The van der Waals surface area contributed by atoms with Gasteiger partial charge in [-0.2, -0.15) is 39.5 Å². The lowest BCUT2D eigenvalue weighted by atomic mass is 9.89. The summed E-state index contributed by atoms with van der Waals surface area (Å²) in [5.74, 6) is 0.954. The van der Waals surface area contributed by atoms with Crippen LogP contribution in [-0.4, -0.2) is 185 Å². The number of nitriles is 2. The second-order valence-corrected chi connectivity index (χ2v) is 26.0. The lowest BCUT2D eigenvalue weighted by molar-refractivity contribution is 0.0360. The number of fused-ring (bicyclic) bond motifs is 2. The molecule has 29 heteroatoms. The molecule has 12 heterocycles. The zero-order valence-electron chi connectivity index (χ0n) is 42.5. The molecule has 4 saturated heterocycles. The van der Waals surface area contributed by atoms with Gasteiger partial charge in [-0.3, -0.25) is 23.6 Å². The average Bonchev–Trinajstić information content (AvgIpc) is 4.31. The number of likely N-dealkylation sites (N-methyl/N-ethyl adjacent to an activating group) is 1. The van der Waals surface area contributed by atoms with Gasteiger partial charge in [0.2, 0.25) is 31.9 Å². The lowest BCUT2D eigenvalue weighted by Gasteiger charge is -2.47. The summed E-state index contributed by atoms with van der Waals surface area (Å²) in [5, 5.41) is 47.5. The third-order valence-electron chi connectivity index (χ3n) is 14.4. The van der Waals surface area contributed by atoms with E-state index in [4.69, 9.17) is 14.7 Å². The van der Waals surface area contributed by atoms with Crippen molar-refractivity contribution in [3.05, 3.63) is 72.5 Å². The Morgan fingerprint density at radius 3 is 1.68 bits per heavy atom. The summed E-state index contributed by atoms with van der Waals surface area (Å²) >= 11 is 3.09. The number of aromatic nitrogens is 12. The number of nitrogens with zero attached hydrogens (tertiary/aromatic N) is 18. The highest BCUT2D eigenvalue weighted by Gasteiger charge is 2.51. The van der Waals surface area contributed by atoms with Gasteiger partial charge < -0.3 is 20.3 Å². The fourth-order valence-electron chi connectivity index (χ4n) is 9.90. The standard InChI is InChI=1S/C25H30N10O3S2.C23H26N10O2S2/c1-2-40(36,37)34-17-25(18-34,4-5-26)35-15-19(13-28-35)22-23-21(3-12-39-23)30-24(31-22)29-20-14-27-33(16-20)7-6-32-8-10-38-11-9-32;1-3-37(34,35)31-14-23(15-31,5-6-24)33-10-16(8-26-33)20-21-19(4-7-36-21)28-22(29-20)27-17-9-25-32(11-17)18-12-30(2)13-18/h3,12-16H,2,4,6-11,17-18H2,1H3,(H,29,30,31);4,7-11,18H,3,5,12-15H2,1-2H3,(H,27,28,29). The van der Waals surface area contributed by atoms with Gasteiger partial charge in [0, 0.05) is 94.8 Å². The molecule has 0 aromatic carbocycles. The van der Waals surface area contributed by atoms with Crippen molar-refractivity contribution < 1.29 is 21.6 Å². The molecule has 8 aromatic heterocycles. The Balaban J connectivity index is 0.000000164. The lowest BCUT2D eigenvalue weighted by Crippen LogP contribution is -2.64. The minimum absolute atomic E-state index is 0.0276. The molecule has 402 valence electrons. The molecule has 2 N–H and O–H groups in total. The van der Waals surface area contributed by atoms with Gasteiger partial charge >= 0.3 is 0 Å². The molecule has 4 fully saturated rings. The van der Waals surface area contributed by atoms with Gasteiger partial charge in [-0.15, -0.1) is 22.7 Å². The highest BCUT2D eigenvalue weighted by Crippen LogP contribution is 2.39. The first-order valence-electron chi connectivity index (χ1n) is 25.1. The number of rotatable bonds is 18. The molecule has 8 aromatic rings. The van der Waals surface area contributed by atoms with E-state index in [2.05, 4.69) is 70.0 Å². The fourth-order valence-corrected chi connectivity index (χ4v) is 14.1. The number of thiophene rings is 2. The molecule has 4 aliphatic heterocycles. The molecule has 12 rings (SSSR count). The Labute approximate surface area is 452 Å². The Bertz CT molecular complexity index is 3730. The largest absolute Gasteiger partial charge is 0.379 e. The molecule has 0 unspecified atom stereocenters. The highest BCUT2D eigenvalue weighted by atomic mass is 32.2. The summed E-state index contributed by atoms with van der Waals surface area (Å²) in [5.41, 5.74) is 4.82. The van der Waals surface area contributed by atoms with E-state index in [1.165, 1.54) is 8.61 Å². The summed E-state index contributed by atoms with van der Waals surface area (Å²) in [6.07, 6.45) is 14.9. The van der Waals surface area contributed by atoms with E-state index in [1.54, 1.807) is 70.7 Å². The maximum Gasteiger partial charge on any atom is 0.228 e. The molecule has 0 radical (unpaired) electrons. The third-order valence-corrected chi connectivity index (χ3v) is 19.8. The predicted octanol–water partition coefficient (Wildman–Crippen LogP) is 4.36. The molecule has 0 amide bonds. The first-order valence-corrected chi connectivity index (χ1v) is 30.1. The van der Waals surface area contributed by atoms with Crippen molar-refractivity contribution >= 4 is 86.4 Å². The van der Waals surface area contributed by atoms with Crippen LogP contribution in [0.25, 0.3) is 42.9 Å². The van der Waals surface area contributed by atoms with E-state index < -0.39 is 31.1 Å². The van der Waals surface area contributed by atoms with Crippen LogP contribution in [0.15, 0.2) is 72.5 Å². The summed E-state index contributed by atoms with van der Waals surface area (Å²) in [6.45, 7) is 11.2. The van der Waals surface area contributed by atoms with Crippen LogP contribution in [0.1, 0.15) is 32.7 Å². The number of sulfonamides is 2. The van der Waals surface area contributed by atoms with Gasteiger partial charge in [-0.25, -0.2) is 36.8 Å². The average molecular weight is 1120 g/mol. The van der Waals surface area contributed by atoms with Crippen molar-refractivity contribution in [3.63, 3.8) is 0 Å². The van der Waals surface area contributed by atoms with Crippen LogP contribution >= 0.6 is 22.7 Å². The van der Waals surface area contributed by atoms with Gasteiger partial charge in [0.15, 0.2) is 0 Å². The molecular weight excluding hydrogens is 1060 g/mol. The first kappa shape index (κ1) is 52.3. The quantitative estimate of drug-likeness (QED) is 0.121. The zero-order valence-corrected chi connectivity index (χ0v) is 45.8. The molecular formula is C48H56N20O5S4. The normalized spacial score (nSPS) is 18.2. The third kappa shape index (κ3) is 10.5. The van der Waals surface area contributed by atoms with Crippen LogP contribution < -0.4 is 10.6 Å². The second kappa shape index (κ2) is 21.2. The number of hydrogen-bond donors (Lipinski definition) is 2. The van der Waals surface area contributed by atoms with E-state index in [-0.39, 0.29) is 50.5 Å². The topological polar surface area (TPSA) is 285 Å². The van der Waals surface area contributed by atoms with Crippen LogP contribution in [0.5, 0.6) is 0 Å². The Hall–Kier alpha value is -6.80. The van der Waals surface area contributed by atoms with Gasteiger partial charge in [-0.1, -0.05) is 0 Å². The maximum atomic E-state index is 12.3. The zero-order chi connectivity index (χ0) is 53.5.